The summed E-state index contributed by atoms with van der Waals surface area (Å²) in [5.74, 6) is 0. The minimum Gasteiger partial charge on any atom is -0.308 e. The fourth-order valence-corrected chi connectivity index (χ4v) is 3.69. The van der Waals surface area contributed by atoms with E-state index in [0.29, 0.717) is 11.6 Å². The van der Waals surface area contributed by atoms with Gasteiger partial charge in [-0.05, 0) is 44.7 Å². The Morgan fingerprint density at radius 3 is 2.83 bits per heavy atom. The van der Waals surface area contributed by atoms with Crippen molar-refractivity contribution in [1.82, 2.24) is 10.2 Å². The molecule has 2 fully saturated rings. The molecule has 18 heavy (non-hydrogen) atoms. The highest BCUT2D eigenvalue weighted by molar-refractivity contribution is 5.15. The van der Waals surface area contributed by atoms with Crippen molar-refractivity contribution < 1.29 is 0 Å². The maximum atomic E-state index is 3.84. The molecular formula is C16H24N2. The summed E-state index contributed by atoms with van der Waals surface area (Å²) in [6.07, 6.45) is 5.41. The lowest BCUT2D eigenvalue weighted by Crippen LogP contribution is -2.54. The molecule has 0 saturated carbocycles. The van der Waals surface area contributed by atoms with E-state index in [1.165, 1.54) is 44.3 Å². The number of likely N-dealkylation sites (tertiary alicyclic amines) is 1. The fraction of sp³-hybridized carbons (Fsp3) is 0.625. The molecule has 1 aromatic rings. The van der Waals surface area contributed by atoms with Crippen molar-refractivity contribution in [2.24, 2.45) is 0 Å². The van der Waals surface area contributed by atoms with Crippen LogP contribution in [0.2, 0.25) is 0 Å². The minimum absolute atomic E-state index is 0.423. The van der Waals surface area contributed by atoms with Gasteiger partial charge in [0.1, 0.15) is 0 Å². The lowest BCUT2D eigenvalue weighted by atomic mass is 9.87. The highest BCUT2D eigenvalue weighted by atomic mass is 15.2. The quantitative estimate of drug-likeness (QED) is 0.860. The molecule has 0 radical (unpaired) electrons. The van der Waals surface area contributed by atoms with Crippen LogP contribution >= 0.6 is 0 Å². The van der Waals surface area contributed by atoms with Crippen molar-refractivity contribution in [3.8, 4) is 0 Å². The van der Waals surface area contributed by atoms with Crippen molar-refractivity contribution in [3.63, 3.8) is 0 Å². The molecule has 2 atom stereocenters. The van der Waals surface area contributed by atoms with Crippen LogP contribution in [0.15, 0.2) is 30.3 Å². The van der Waals surface area contributed by atoms with Gasteiger partial charge in [0.25, 0.3) is 0 Å². The Hall–Kier alpha value is -0.860. The summed E-state index contributed by atoms with van der Waals surface area (Å²) in [6, 6.07) is 11.6. The van der Waals surface area contributed by atoms with Crippen molar-refractivity contribution in [2.75, 3.05) is 13.1 Å². The molecule has 0 aliphatic carbocycles. The first kappa shape index (κ1) is 12.2. The van der Waals surface area contributed by atoms with E-state index in [0.717, 1.165) is 6.54 Å². The predicted molar refractivity (Wildman–Crippen MR) is 75.5 cm³/mol. The molecule has 2 unspecified atom stereocenters. The first-order valence-electron chi connectivity index (χ1n) is 7.30. The third-order valence-electron chi connectivity index (χ3n) is 4.51. The zero-order chi connectivity index (χ0) is 12.4. The average molecular weight is 244 g/mol. The normalized spacial score (nSPS) is 33.1. The largest absolute Gasteiger partial charge is 0.308 e. The number of hydrogen-bond donors (Lipinski definition) is 1. The van der Waals surface area contributed by atoms with E-state index in [1.807, 2.05) is 0 Å². The second kappa shape index (κ2) is 5.02. The molecule has 0 bridgehead atoms. The van der Waals surface area contributed by atoms with Gasteiger partial charge in [-0.15, -0.1) is 0 Å². The van der Waals surface area contributed by atoms with Crippen molar-refractivity contribution in [1.29, 1.82) is 0 Å². The van der Waals surface area contributed by atoms with E-state index in [-0.39, 0.29) is 0 Å². The summed E-state index contributed by atoms with van der Waals surface area (Å²) >= 11 is 0. The Bertz CT molecular complexity index is 385. The SMILES string of the molecule is CC1CCC2(CCCN(Cc3ccccc3)C2)N1. The first-order valence-corrected chi connectivity index (χ1v) is 7.30. The number of nitrogens with one attached hydrogen (secondary N) is 1. The first-order chi connectivity index (χ1) is 8.76. The van der Waals surface area contributed by atoms with Crippen LogP contribution < -0.4 is 5.32 Å². The number of nitrogens with zero attached hydrogens (tertiary/aromatic N) is 1. The summed E-state index contributed by atoms with van der Waals surface area (Å²) in [6.45, 7) is 5.92. The van der Waals surface area contributed by atoms with Crippen LogP contribution in [-0.2, 0) is 6.54 Å². The van der Waals surface area contributed by atoms with Gasteiger partial charge in [0.2, 0.25) is 0 Å². The third kappa shape index (κ3) is 2.60. The van der Waals surface area contributed by atoms with Gasteiger partial charge < -0.3 is 5.32 Å². The number of hydrogen-bond acceptors (Lipinski definition) is 2. The van der Waals surface area contributed by atoms with E-state index < -0.39 is 0 Å². The second-order valence-electron chi connectivity index (χ2n) is 6.16. The van der Waals surface area contributed by atoms with Gasteiger partial charge in [-0.1, -0.05) is 30.3 Å². The van der Waals surface area contributed by atoms with Crippen LogP contribution in [0, 0.1) is 0 Å². The van der Waals surface area contributed by atoms with Gasteiger partial charge in [0.05, 0.1) is 0 Å². The molecular weight excluding hydrogens is 220 g/mol. The molecule has 2 aliphatic rings. The number of piperidine rings is 1. The standard InChI is InChI=1S/C16H24N2/c1-14-8-10-16(17-14)9-5-11-18(13-16)12-15-6-3-2-4-7-15/h2-4,6-7,14,17H,5,8-13H2,1H3. The van der Waals surface area contributed by atoms with Crippen molar-refractivity contribution in [3.05, 3.63) is 35.9 Å². The van der Waals surface area contributed by atoms with E-state index in [9.17, 15) is 0 Å². The second-order valence-corrected chi connectivity index (χ2v) is 6.16. The molecule has 1 spiro atoms. The smallest absolute Gasteiger partial charge is 0.0312 e. The topological polar surface area (TPSA) is 15.3 Å². The summed E-state index contributed by atoms with van der Waals surface area (Å²) in [7, 11) is 0. The Kier molecular flexibility index (Phi) is 3.40. The van der Waals surface area contributed by atoms with Crippen LogP contribution in [0.5, 0.6) is 0 Å². The van der Waals surface area contributed by atoms with Gasteiger partial charge in [-0.25, -0.2) is 0 Å². The molecule has 0 amide bonds. The Labute approximate surface area is 110 Å². The van der Waals surface area contributed by atoms with Gasteiger partial charge in [0, 0.05) is 24.7 Å². The van der Waals surface area contributed by atoms with E-state index in [4.69, 9.17) is 0 Å². The zero-order valence-electron chi connectivity index (χ0n) is 11.4. The van der Waals surface area contributed by atoms with Gasteiger partial charge in [-0.3, -0.25) is 4.90 Å². The lowest BCUT2D eigenvalue weighted by Gasteiger charge is -2.41. The molecule has 1 aromatic carbocycles. The van der Waals surface area contributed by atoms with Gasteiger partial charge >= 0.3 is 0 Å². The predicted octanol–water partition coefficient (Wildman–Crippen LogP) is 2.79. The summed E-state index contributed by atoms with van der Waals surface area (Å²) in [5, 5.41) is 3.84. The minimum atomic E-state index is 0.423. The summed E-state index contributed by atoms with van der Waals surface area (Å²) in [4.78, 5) is 2.63. The molecule has 2 heterocycles. The Balaban J connectivity index is 1.64. The monoisotopic (exact) mass is 244 g/mol. The molecule has 98 valence electrons. The molecule has 2 nitrogen and oxygen atoms in total. The number of rotatable bonds is 2. The van der Waals surface area contributed by atoms with Crippen LogP contribution in [-0.4, -0.2) is 29.6 Å². The van der Waals surface area contributed by atoms with Crippen LogP contribution in [0.4, 0.5) is 0 Å². The molecule has 2 heteroatoms. The van der Waals surface area contributed by atoms with Crippen molar-refractivity contribution in [2.45, 2.75) is 50.7 Å². The average Bonchev–Trinajstić information content (AvgIpc) is 2.72. The van der Waals surface area contributed by atoms with Gasteiger partial charge in [0.15, 0.2) is 0 Å². The highest BCUT2D eigenvalue weighted by Crippen LogP contribution is 2.32. The summed E-state index contributed by atoms with van der Waals surface area (Å²) in [5.41, 5.74) is 1.87. The maximum Gasteiger partial charge on any atom is 0.0312 e. The number of benzene rings is 1. The van der Waals surface area contributed by atoms with Crippen molar-refractivity contribution >= 4 is 0 Å². The van der Waals surface area contributed by atoms with E-state index in [1.54, 1.807) is 0 Å². The summed E-state index contributed by atoms with van der Waals surface area (Å²) < 4.78 is 0. The maximum absolute atomic E-state index is 3.84. The molecule has 2 aliphatic heterocycles. The Morgan fingerprint density at radius 1 is 1.28 bits per heavy atom. The van der Waals surface area contributed by atoms with Crippen LogP contribution in [0.3, 0.4) is 0 Å². The Morgan fingerprint density at radius 2 is 2.11 bits per heavy atom. The van der Waals surface area contributed by atoms with Crippen LogP contribution in [0.1, 0.15) is 38.2 Å². The molecule has 1 N–H and O–H groups in total. The molecule has 0 aromatic heterocycles. The highest BCUT2D eigenvalue weighted by Gasteiger charge is 2.39. The third-order valence-corrected chi connectivity index (χ3v) is 4.51. The molecule has 2 saturated heterocycles. The lowest BCUT2D eigenvalue weighted by molar-refractivity contribution is 0.126. The molecule has 3 rings (SSSR count). The van der Waals surface area contributed by atoms with E-state index >= 15 is 0 Å². The van der Waals surface area contributed by atoms with Crippen LogP contribution in [0.25, 0.3) is 0 Å². The van der Waals surface area contributed by atoms with E-state index in [2.05, 4.69) is 47.5 Å². The zero-order valence-corrected chi connectivity index (χ0v) is 11.4. The fourth-order valence-electron chi connectivity index (χ4n) is 3.69. The van der Waals surface area contributed by atoms with Gasteiger partial charge in [-0.2, -0.15) is 0 Å².